The number of carbonyl (C=O) groups excluding carboxylic acids is 1. The van der Waals surface area contributed by atoms with E-state index in [4.69, 9.17) is 0 Å². The highest BCUT2D eigenvalue weighted by Crippen LogP contribution is 2.20. The summed E-state index contributed by atoms with van der Waals surface area (Å²) in [5, 5.41) is 0. The summed E-state index contributed by atoms with van der Waals surface area (Å²) in [6.07, 6.45) is 0.720. The van der Waals surface area contributed by atoms with Gasteiger partial charge in [-0.05, 0) is 32.4 Å². The second-order valence-corrected chi connectivity index (χ2v) is 8.70. The van der Waals surface area contributed by atoms with Crippen molar-refractivity contribution in [2.75, 3.05) is 37.7 Å². The van der Waals surface area contributed by atoms with Crippen LogP contribution < -0.4 is 0 Å². The molecule has 0 radical (unpaired) electrons. The monoisotopic (exact) mass is 337 g/mol. The van der Waals surface area contributed by atoms with E-state index < -0.39 is 9.84 Å². The molecule has 2 aliphatic rings. The van der Waals surface area contributed by atoms with Crippen molar-refractivity contribution in [3.63, 3.8) is 0 Å². The minimum Gasteiger partial charge on any atom is -0.336 e. The van der Waals surface area contributed by atoms with E-state index in [1.807, 2.05) is 30.9 Å². The molecule has 0 N–H and O–H groups in total. The third-order valence-electron chi connectivity index (χ3n) is 4.78. The molecule has 23 heavy (non-hydrogen) atoms. The number of aryl methyl sites for hydroxylation is 2. The van der Waals surface area contributed by atoms with Gasteiger partial charge in [0.05, 0.1) is 22.8 Å². The van der Waals surface area contributed by atoms with E-state index in [1.165, 1.54) is 0 Å². The lowest BCUT2D eigenvalue weighted by atomic mass is 10.1. The fraction of sp³-hybridized carbons (Fsp3) is 0.625. The predicted molar refractivity (Wildman–Crippen MR) is 88.2 cm³/mol. The Morgan fingerprint density at radius 3 is 2.43 bits per heavy atom. The highest BCUT2D eigenvalue weighted by molar-refractivity contribution is 7.91. The maximum absolute atomic E-state index is 12.6. The largest absolute Gasteiger partial charge is 0.336 e. The lowest BCUT2D eigenvalue weighted by molar-refractivity contribution is 0.0586. The van der Waals surface area contributed by atoms with Crippen molar-refractivity contribution in [2.45, 2.75) is 26.3 Å². The smallest absolute Gasteiger partial charge is 0.255 e. The molecule has 0 saturated carbocycles. The average molecular weight is 337 g/mol. The van der Waals surface area contributed by atoms with E-state index in [2.05, 4.69) is 9.88 Å². The molecule has 7 heteroatoms. The Hall–Kier alpha value is -1.47. The van der Waals surface area contributed by atoms with Gasteiger partial charge in [-0.2, -0.15) is 0 Å². The van der Waals surface area contributed by atoms with Gasteiger partial charge in [0.1, 0.15) is 0 Å². The van der Waals surface area contributed by atoms with Crippen LogP contribution >= 0.6 is 0 Å². The molecule has 1 aromatic heterocycles. The van der Waals surface area contributed by atoms with E-state index in [0.717, 1.165) is 30.9 Å². The third-order valence-corrected chi connectivity index (χ3v) is 6.53. The predicted octanol–water partition coefficient (Wildman–Crippen LogP) is 0.643. The van der Waals surface area contributed by atoms with Crippen LogP contribution in [0, 0.1) is 13.8 Å². The number of rotatable bonds is 2. The van der Waals surface area contributed by atoms with E-state index in [1.54, 1.807) is 0 Å². The standard InChI is InChI=1S/C16H23N3O3S/c1-12-3-4-15(13(2)17-12)16(20)19-8-6-18(7-9-19)14-5-10-23(21,22)11-14/h3-4,14H,5-11H2,1-2H3/t14-/m0/s1. The minimum atomic E-state index is -2.86. The summed E-state index contributed by atoms with van der Waals surface area (Å²) >= 11 is 0. The van der Waals surface area contributed by atoms with E-state index >= 15 is 0 Å². The first kappa shape index (κ1) is 16.4. The topological polar surface area (TPSA) is 70.6 Å². The number of aromatic nitrogens is 1. The molecule has 3 heterocycles. The number of hydrogen-bond donors (Lipinski definition) is 0. The molecule has 0 spiro atoms. The molecule has 0 aromatic carbocycles. The first-order chi connectivity index (χ1) is 10.9. The molecule has 3 rings (SSSR count). The maximum Gasteiger partial charge on any atom is 0.255 e. The van der Waals surface area contributed by atoms with Crippen molar-refractivity contribution in [3.8, 4) is 0 Å². The van der Waals surface area contributed by atoms with E-state index in [-0.39, 0.29) is 17.7 Å². The van der Waals surface area contributed by atoms with Crippen LogP contribution in [0.5, 0.6) is 0 Å². The van der Waals surface area contributed by atoms with Crippen LogP contribution in [0.3, 0.4) is 0 Å². The van der Waals surface area contributed by atoms with Gasteiger partial charge < -0.3 is 4.90 Å². The normalized spacial score (nSPS) is 24.8. The van der Waals surface area contributed by atoms with Gasteiger partial charge in [-0.15, -0.1) is 0 Å². The number of amides is 1. The Balaban J connectivity index is 1.61. The van der Waals surface area contributed by atoms with Crippen LogP contribution in [0.2, 0.25) is 0 Å². The summed E-state index contributed by atoms with van der Waals surface area (Å²) in [6.45, 7) is 6.54. The van der Waals surface area contributed by atoms with Crippen LogP contribution in [-0.2, 0) is 9.84 Å². The average Bonchev–Trinajstić information content (AvgIpc) is 2.87. The van der Waals surface area contributed by atoms with Crippen LogP contribution in [-0.4, -0.2) is 72.8 Å². The molecule has 0 bridgehead atoms. The Bertz CT molecular complexity index is 709. The number of pyridine rings is 1. The Morgan fingerprint density at radius 2 is 1.87 bits per heavy atom. The second-order valence-electron chi connectivity index (χ2n) is 6.47. The Morgan fingerprint density at radius 1 is 1.17 bits per heavy atom. The Labute approximate surface area is 137 Å². The van der Waals surface area contributed by atoms with Crippen molar-refractivity contribution in [1.29, 1.82) is 0 Å². The van der Waals surface area contributed by atoms with Gasteiger partial charge in [0.15, 0.2) is 9.84 Å². The lowest BCUT2D eigenvalue weighted by Crippen LogP contribution is -2.52. The molecule has 2 aliphatic heterocycles. The van der Waals surface area contributed by atoms with Crippen molar-refractivity contribution in [3.05, 3.63) is 29.1 Å². The summed E-state index contributed by atoms with van der Waals surface area (Å²) in [6, 6.07) is 3.83. The van der Waals surface area contributed by atoms with Crippen LogP contribution in [0.15, 0.2) is 12.1 Å². The molecule has 1 amide bonds. The van der Waals surface area contributed by atoms with E-state index in [0.29, 0.717) is 24.4 Å². The summed E-state index contributed by atoms with van der Waals surface area (Å²) in [5.74, 6) is 0.584. The molecule has 0 unspecified atom stereocenters. The quantitative estimate of drug-likeness (QED) is 0.792. The van der Waals surface area contributed by atoms with E-state index in [9.17, 15) is 13.2 Å². The fourth-order valence-corrected chi connectivity index (χ4v) is 5.20. The van der Waals surface area contributed by atoms with Gasteiger partial charge in [-0.1, -0.05) is 0 Å². The first-order valence-electron chi connectivity index (χ1n) is 8.04. The first-order valence-corrected chi connectivity index (χ1v) is 9.86. The summed E-state index contributed by atoms with van der Waals surface area (Å²) < 4.78 is 23.2. The molecule has 126 valence electrons. The van der Waals surface area contributed by atoms with Gasteiger partial charge >= 0.3 is 0 Å². The zero-order chi connectivity index (χ0) is 16.6. The number of hydrogen-bond acceptors (Lipinski definition) is 5. The molecule has 1 aromatic rings. The highest BCUT2D eigenvalue weighted by atomic mass is 32.2. The molecular formula is C16H23N3O3S. The van der Waals surface area contributed by atoms with Gasteiger partial charge in [-0.25, -0.2) is 8.42 Å². The zero-order valence-corrected chi connectivity index (χ0v) is 14.5. The van der Waals surface area contributed by atoms with Crippen molar-refractivity contribution >= 4 is 15.7 Å². The second kappa shape index (κ2) is 6.20. The lowest BCUT2D eigenvalue weighted by Gasteiger charge is -2.37. The SMILES string of the molecule is Cc1ccc(C(=O)N2CCN([C@H]3CCS(=O)(=O)C3)CC2)c(C)n1. The third kappa shape index (κ3) is 3.55. The summed E-state index contributed by atoms with van der Waals surface area (Å²) in [5.41, 5.74) is 2.33. The molecule has 6 nitrogen and oxygen atoms in total. The fourth-order valence-electron chi connectivity index (χ4n) is 3.44. The minimum absolute atomic E-state index is 0.0219. The van der Waals surface area contributed by atoms with Gasteiger partial charge in [-0.3, -0.25) is 14.7 Å². The maximum atomic E-state index is 12.6. The highest BCUT2D eigenvalue weighted by Gasteiger charge is 2.34. The zero-order valence-electron chi connectivity index (χ0n) is 13.7. The van der Waals surface area contributed by atoms with Gasteiger partial charge in [0.25, 0.3) is 5.91 Å². The van der Waals surface area contributed by atoms with Crippen LogP contribution in [0.4, 0.5) is 0 Å². The van der Waals surface area contributed by atoms with Gasteiger partial charge in [0.2, 0.25) is 0 Å². The van der Waals surface area contributed by atoms with Crippen LogP contribution in [0.25, 0.3) is 0 Å². The number of sulfone groups is 1. The van der Waals surface area contributed by atoms with Crippen molar-refractivity contribution < 1.29 is 13.2 Å². The summed E-state index contributed by atoms with van der Waals surface area (Å²) in [4.78, 5) is 21.1. The molecule has 2 saturated heterocycles. The number of nitrogens with zero attached hydrogens (tertiary/aromatic N) is 3. The molecule has 1 atom stereocenters. The Kier molecular flexibility index (Phi) is 4.42. The number of carbonyl (C=O) groups is 1. The van der Waals surface area contributed by atoms with Crippen molar-refractivity contribution in [2.24, 2.45) is 0 Å². The molecule has 0 aliphatic carbocycles. The van der Waals surface area contributed by atoms with Crippen LogP contribution in [0.1, 0.15) is 28.2 Å². The van der Waals surface area contributed by atoms with Crippen molar-refractivity contribution in [1.82, 2.24) is 14.8 Å². The number of piperazine rings is 1. The van der Waals surface area contributed by atoms with Gasteiger partial charge in [0, 0.05) is 37.9 Å². The molecule has 2 fully saturated rings. The molecular weight excluding hydrogens is 314 g/mol. The summed E-state index contributed by atoms with van der Waals surface area (Å²) in [7, 11) is -2.86.